The van der Waals surface area contributed by atoms with Crippen molar-refractivity contribution in [2.75, 3.05) is 24.8 Å². The molecule has 3 aromatic rings. The van der Waals surface area contributed by atoms with Crippen molar-refractivity contribution in [1.29, 1.82) is 0 Å². The highest BCUT2D eigenvalue weighted by Gasteiger charge is 2.12. The van der Waals surface area contributed by atoms with Crippen molar-refractivity contribution in [2.45, 2.75) is 6.92 Å². The molecule has 2 aromatic carbocycles. The maximum Gasteiger partial charge on any atom is 0.338 e. The summed E-state index contributed by atoms with van der Waals surface area (Å²) in [6.07, 6.45) is 1.35. The Bertz CT molecular complexity index is 943. The molecular formula is C20H20N4O4. The van der Waals surface area contributed by atoms with Crippen LogP contribution in [0.1, 0.15) is 17.3 Å². The van der Waals surface area contributed by atoms with Crippen LogP contribution in [0.15, 0.2) is 54.9 Å². The van der Waals surface area contributed by atoms with Gasteiger partial charge in [0.25, 0.3) is 0 Å². The lowest BCUT2D eigenvalue weighted by Crippen LogP contribution is -2.05. The van der Waals surface area contributed by atoms with Crippen LogP contribution in [0, 0.1) is 0 Å². The van der Waals surface area contributed by atoms with Crippen molar-refractivity contribution < 1.29 is 19.0 Å². The fourth-order valence-corrected chi connectivity index (χ4v) is 2.36. The highest BCUT2D eigenvalue weighted by atomic mass is 16.5. The molecule has 0 saturated carbocycles. The first-order valence-electron chi connectivity index (χ1n) is 8.57. The van der Waals surface area contributed by atoms with E-state index in [0.29, 0.717) is 29.4 Å². The van der Waals surface area contributed by atoms with E-state index in [0.717, 1.165) is 5.75 Å². The highest BCUT2D eigenvalue weighted by Crippen LogP contribution is 2.31. The Morgan fingerprint density at radius 3 is 2.36 bits per heavy atom. The van der Waals surface area contributed by atoms with Gasteiger partial charge in [-0.05, 0) is 55.5 Å². The molecule has 0 unspecified atom stereocenters. The van der Waals surface area contributed by atoms with Crippen LogP contribution in [0.2, 0.25) is 0 Å². The van der Waals surface area contributed by atoms with Crippen LogP contribution in [0.4, 0.5) is 17.2 Å². The number of esters is 1. The quantitative estimate of drug-likeness (QED) is 0.596. The van der Waals surface area contributed by atoms with E-state index in [1.54, 1.807) is 62.6 Å². The zero-order chi connectivity index (χ0) is 19.9. The predicted molar refractivity (Wildman–Crippen MR) is 105 cm³/mol. The van der Waals surface area contributed by atoms with E-state index in [4.69, 9.17) is 19.9 Å². The smallest absolute Gasteiger partial charge is 0.338 e. The summed E-state index contributed by atoms with van der Waals surface area (Å²) in [4.78, 5) is 20.0. The van der Waals surface area contributed by atoms with Gasteiger partial charge in [-0.1, -0.05) is 0 Å². The molecule has 8 heteroatoms. The molecule has 3 N–H and O–H groups in total. The molecule has 0 radical (unpaired) electrons. The van der Waals surface area contributed by atoms with Crippen LogP contribution in [0.25, 0.3) is 0 Å². The van der Waals surface area contributed by atoms with Crippen molar-refractivity contribution in [3.05, 3.63) is 60.4 Å². The van der Waals surface area contributed by atoms with Crippen LogP contribution in [0.3, 0.4) is 0 Å². The largest absolute Gasteiger partial charge is 0.497 e. The molecule has 0 aliphatic rings. The van der Waals surface area contributed by atoms with Gasteiger partial charge in [0.1, 0.15) is 23.5 Å². The van der Waals surface area contributed by atoms with Crippen LogP contribution in [0.5, 0.6) is 17.4 Å². The number of benzene rings is 2. The minimum Gasteiger partial charge on any atom is -0.497 e. The van der Waals surface area contributed by atoms with E-state index in [2.05, 4.69) is 15.3 Å². The van der Waals surface area contributed by atoms with Crippen LogP contribution in [-0.4, -0.2) is 29.7 Å². The summed E-state index contributed by atoms with van der Waals surface area (Å²) < 4.78 is 15.8. The Hall–Kier alpha value is -3.81. The Morgan fingerprint density at radius 1 is 1.04 bits per heavy atom. The summed E-state index contributed by atoms with van der Waals surface area (Å²) in [7, 11) is 1.59. The number of carbonyl (C=O) groups excluding carboxylic acids is 1. The lowest BCUT2D eigenvalue weighted by molar-refractivity contribution is 0.0526. The van der Waals surface area contributed by atoms with Gasteiger partial charge in [-0.25, -0.2) is 9.78 Å². The SMILES string of the molecule is CCOC(=O)c1ccc(Nc2ncnc(Oc3ccc(OC)cc3)c2N)cc1. The predicted octanol–water partition coefficient (Wildman–Crippen LogP) is 3.78. The van der Waals surface area contributed by atoms with Crippen molar-refractivity contribution in [3.8, 4) is 17.4 Å². The van der Waals surface area contributed by atoms with Gasteiger partial charge in [0.2, 0.25) is 5.88 Å². The van der Waals surface area contributed by atoms with Crippen LogP contribution < -0.4 is 20.5 Å². The third kappa shape index (κ3) is 4.47. The minimum atomic E-state index is -0.370. The van der Waals surface area contributed by atoms with Gasteiger partial charge in [-0.15, -0.1) is 0 Å². The number of rotatable bonds is 7. The lowest BCUT2D eigenvalue weighted by atomic mass is 10.2. The second-order valence-electron chi connectivity index (χ2n) is 5.64. The molecule has 0 aliphatic heterocycles. The molecule has 3 rings (SSSR count). The molecular weight excluding hydrogens is 360 g/mol. The molecule has 0 fully saturated rings. The zero-order valence-electron chi connectivity index (χ0n) is 15.5. The molecule has 28 heavy (non-hydrogen) atoms. The van der Waals surface area contributed by atoms with E-state index in [1.165, 1.54) is 6.33 Å². The van der Waals surface area contributed by atoms with E-state index in [9.17, 15) is 4.79 Å². The molecule has 0 spiro atoms. The zero-order valence-corrected chi connectivity index (χ0v) is 15.5. The monoisotopic (exact) mass is 380 g/mol. The Kier molecular flexibility index (Phi) is 5.91. The molecule has 0 aliphatic carbocycles. The normalized spacial score (nSPS) is 10.2. The number of methoxy groups -OCH3 is 1. The number of anilines is 3. The molecule has 1 heterocycles. The second-order valence-corrected chi connectivity index (χ2v) is 5.64. The molecule has 1 aromatic heterocycles. The Balaban J connectivity index is 1.74. The number of aromatic nitrogens is 2. The Morgan fingerprint density at radius 2 is 1.71 bits per heavy atom. The van der Waals surface area contributed by atoms with Crippen molar-refractivity contribution >= 4 is 23.2 Å². The summed E-state index contributed by atoms with van der Waals surface area (Å²) in [5, 5.41) is 3.09. The summed E-state index contributed by atoms with van der Waals surface area (Å²) >= 11 is 0. The van der Waals surface area contributed by atoms with Crippen molar-refractivity contribution in [1.82, 2.24) is 9.97 Å². The number of nitrogens with two attached hydrogens (primary N) is 1. The van der Waals surface area contributed by atoms with Crippen LogP contribution >= 0.6 is 0 Å². The average molecular weight is 380 g/mol. The van der Waals surface area contributed by atoms with Gasteiger partial charge in [0, 0.05) is 5.69 Å². The van der Waals surface area contributed by atoms with E-state index in [-0.39, 0.29) is 17.5 Å². The van der Waals surface area contributed by atoms with Gasteiger partial charge < -0.3 is 25.3 Å². The van der Waals surface area contributed by atoms with Gasteiger partial charge in [-0.3, -0.25) is 0 Å². The number of nitrogen functional groups attached to an aromatic ring is 1. The fourth-order valence-electron chi connectivity index (χ4n) is 2.36. The molecule has 8 nitrogen and oxygen atoms in total. The van der Waals surface area contributed by atoms with E-state index in [1.807, 2.05) is 0 Å². The lowest BCUT2D eigenvalue weighted by Gasteiger charge is -2.12. The van der Waals surface area contributed by atoms with Gasteiger partial charge >= 0.3 is 5.97 Å². The number of carbonyl (C=O) groups is 1. The van der Waals surface area contributed by atoms with Gasteiger partial charge in [-0.2, -0.15) is 4.98 Å². The molecule has 0 amide bonds. The van der Waals surface area contributed by atoms with Crippen LogP contribution in [-0.2, 0) is 4.74 Å². The number of nitrogens with zero attached hydrogens (tertiary/aromatic N) is 2. The summed E-state index contributed by atoms with van der Waals surface area (Å²) in [5.74, 6) is 1.53. The molecule has 0 bridgehead atoms. The number of ether oxygens (including phenoxy) is 3. The number of hydrogen-bond donors (Lipinski definition) is 2. The highest BCUT2D eigenvalue weighted by molar-refractivity contribution is 5.90. The summed E-state index contributed by atoms with van der Waals surface area (Å²) in [6, 6.07) is 13.8. The maximum atomic E-state index is 11.7. The minimum absolute atomic E-state index is 0.228. The first-order valence-corrected chi connectivity index (χ1v) is 8.57. The first kappa shape index (κ1) is 19.0. The standard InChI is InChI=1S/C20H20N4O4/c1-3-27-20(25)13-4-6-14(7-5-13)24-18-17(21)19(23-12-22-18)28-16-10-8-15(26-2)9-11-16/h4-12H,3,21H2,1-2H3,(H,22,23,24). The Labute approximate surface area is 162 Å². The second kappa shape index (κ2) is 8.72. The summed E-state index contributed by atoms with van der Waals surface area (Å²) in [5.41, 5.74) is 7.57. The molecule has 0 atom stereocenters. The van der Waals surface area contributed by atoms with Crippen molar-refractivity contribution in [2.24, 2.45) is 0 Å². The topological polar surface area (TPSA) is 109 Å². The van der Waals surface area contributed by atoms with E-state index >= 15 is 0 Å². The van der Waals surface area contributed by atoms with Gasteiger partial charge in [0.05, 0.1) is 19.3 Å². The third-order valence-corrected chi connectivity index (χ3v) is 3.78. The maximum absolute atomic E-state index is 11.7. The first-order chi connectivity index (χ1) is 13.6. The fraction of sp³-hybridized carbons (Fsp3) is 0.150. The average Bonchev–Trinajstić information content (AvgIpc) is 2.72. The number of nitrogens with one attached hydrogen (secondary N) is 1. The van der Waals surface area contributed by atoms with Crippen molar-refractivity contribution in [3.63, 3.8) is 0 Å². The molecule has 0 saturated heterocycles. The number of hydrogen-bond acceptors (Lipinski definition) is 8. The molecule has 144 valence electrons. The van der Waals surface area contributed by atoms with E-state index < -0.39 is 0 Å². The third-order valence-electron chi connectivity index (χ3n) is 3.78. The van der Waals surface area contributed by atoms with Gasteiger partial charge in [0.15, 0.2) is 5.82 Å². The summed E-state index contributed by atoms with van der Waals surface area (Å²) in [6.45, 7) is 2.09.